The molecule has 0 aliphatic carbocycles. The highest BCUT2D eigenvalue weighted by Crippen LogP contribution is 2.22. The third-order valence-corrected chi connectivity index (χ3v) is 4.48. The minimum atomic E-state index is 0.762. The van der Waals surface area contributed by atoms with E-state index in [1.54, 1.807) is 11.3 Å². The van der Waals surface area contributed by atoms with Crippen LogP contribution in [0.4, 0.5) is 5.69 Å². The third-order valence-electron chi connectivity index (χ3n) is 2.91. The lowest BCUT2D eigenvalue weighted by atomic mass is 10.2. The minimum absolute atomic E-state index is 0.762. The standard InChI is InChI=1S/C16H13IN2S/c17-13-6-8-14(9-7-13)18-10-16-19-15(11-20-16)12-4-2-1-3-5-12/h1-9,11,18H,10H2. The summed E-state index contributed by atoms with van der Waals surface area (Å²) in [5, 5.41) is 6.61. The quantitative estimate of drug-likeness (QED) is 0.631. The number of nitrogens with zero attached hydrogens (tertiary/aromatic N) is 1. The fourth-order valence-electron chi connectivity index (χ4n) is 1.88. The summed E-state index contributed by atoms with van der Waals surface area (Å²) in [6.45, 7) is 0.762. The fraction of sp³-hybridized carbons (Fsp3) is 0.0625. The van der Waals surface area contributed by atoms with E-state index >= 15 is 0 Å². The summed E-state index contributed by atoms with van der Waals surface area (Å²) in [6, 6.07) is 18.7. The molecule has 100 valence electrons. The van der Waals surface area contributed by atoms with E-state index in [0.717, 1.165) is 22.9 Å². The van der Waals surface area contributed by atoms with Gasteiger partial charge in [-0.1, -0.05) is 30.3 Å². The van der Waals surface area contributed by atoms with E-state index in [-0.39, 0.29) is 0 Å². The number of rotatable bonds is 4. The molecule has 0 saturated carbocycles. The van der Waals surface area contributed by atoms with Crippen molar-refractivity contribution < 1.29 is 0 Å². The van der Waals surface area contributed by atoms with E-state index < -0.39 is 0 Å². The predicted octanol–water partition coefficient (Wildman–Crippen LogP) is 5.03. The number of benzene rings is 2. The molecule has 0 unspecified atom stereocenters. The van der Waals surface area contributed by atoms with E-state index in [1.807, 2.05) is 18.2 Å². The van der Waals surface area contributed by atoms with Crippen molar-refractivity contribution >= 4 is 39.6 Å². The molecule has 0 radical (unpaired) electrons. The average molecular weight is 392 g/mol. The minimum Gasteiger partial charge on any atom is -0.379 e. The summed E-state index contributed by atoms with van der Waals surface area (Å²) in [6.07, 6.45) is 0. The second-order valence-electron chi connectivity index (χ2n) is 4.35. The smallest absolute Gasteiger partial charge is 0.112 e. The fourth-order valence-corrected chi connectivity index (χ4v) is 2.98. The van der Waals surface area contributed by atoms with Gasteiger partial charge in [0, 0.05) is 20.2 Å². The molecule has 2 nitrogen and oxygen atoms in total. The number of anilines is 1. The van der Waals surface area contributed by atoms with Crippen LogP contribution < -0.4 is 5.32 Å². The summed E-state index contributed by atoms with van der Waals surface area (Å²) in [4.78, 5) is 4.67. The van der Waals surface area contributed by atoms with Crippen molar-refractivity contribution in [3.63, 3.8) is 0 Å². The first kappa shape index (κ1) is 13.6. The van der Waals surface area contributed by atoms with Crippen molar-refractivity contribution in [3.05, 3.63) is 68.6 Å². The van der Waals surface area contributed by atoms with Crippen LogP contribution in [0.25, 0.3) is 11.3 Å². The highest BCUT2D eigenvalue weighted by molar-refractivity contribution is 14.1. The zero-order chi connectivity index (χ0) is 13.8. The Hall–Kier alpha value is -1.40. The maximum absolute atomic E-state index is 4.67. The number of thiazole rings is 1. The van der Waals surface area contributed by atoms with Crippen molar-refractivity contribution in [1.82, 2.24) is 4.98 Å². The van der Waals surface area contributed by atoms with Crippen molar-refractivity contribution in [2.24, 2.45) is 0 Å². The van der Waals surface area contributed by atoms with Gasteiger partial charge in [0.1, 0.15) is 5.01 Å². The zero-order valence-electron chi connectivity index (χ0n) is 10.7. The Kier molecular flexibility index (Phi) is 4.32. The van der Waals surface area contributed by atoms with Crippen LogP contribution in [0.5, 0.6) is 0 Å². The Morgan fingerprint density at radius 3 is 2.50 bits per heavy atom. The number of hydrogen-bond acceptors (Lipinski definition) is 3. The Labute approximate surface area is 136 Å². The summed E-state index contributed by atoms with van der Waals surface area (Å²) >= 11 is 4.00. The first-order valence-corrected chi connectivity index (χ1v) is 8.26. The first-order chi connectivity index (χ1) is 9.81. The highest BCUT2D eigenvalue weighted by atomic mass is 127. The highest BCUT2D eigenvalue weighted by Gasteiger charge is 2.03. The topological polar surface area (TPSA) is 24.9 Å². The van der Waals surface area contributed by atoms with Gasteiger partial charge in [0.2, 0.25) is 0 Å². The van der Waals surface area contributed by atoms with Gasteiger partial charge in [-0.25, -0.2) is 4.98 Å². The lowest BCUT2D eigenvalue weighted by molar-refractivity contribution is 1.11. The van der Waals surface area contributed by atoms with Crippen molar-refractivity contribution in [2.45, 2.75) is 6.54 Å². The van der Waals surface area contributed by atoms with E-state index in [0.29, 0.717) is 0 Å². The molecule has 3 aromatic rings. The Bertz CT molecular complexity index is 677. The molecule has 0 amide bonds. The molecule has 1 N–H and O–H groups in total. The van der Waals surface area contributed by atoms with Crippen LogP contribution in [0.15, 0.2) is 60.0 Å². The molecule has 2 aromatic carbocycles. The predicted molar refractivity (Wildman–Crippen MR) is 94.0 cm³/mol. The van der Waals surface area contributed by atoms with Gasteiger partial charge in [-0.3, -0.25) is 0 Å². The van der Waals surface area contributed by atoms with Gasteiger partial charge in [0.15, 0.2) is 0 Å². The van der Waals surface area contributed by atoms with Gasteiger partial charge in [-0.2, -0.15) is 0 Å². The molecule has 1 heterocycles. The van der Waals surface area contributed by atoms with Crippen molar-refractivity contribution in [3.8, 4) is 11.3 Å². The Balaban J connectivity index is 1.67. The Morgan fingerprint density at radius 2 is 1.75 bits per heavy atom. The van der Waals surface area contributed by atoms with E-state index in [1.165, 1.54) is 9.13 Å². The average Bonchev–Trinajstić information content (AvgIpc) is 2.97. The van der Waals surface area contributed by atoms with Gasteiger partial charge in [0.25, 0.3) is 0 Å². The normalized spacial score (nSPS) is 10.4. The molecule has 20 heavy (non-hydrogen) atoms. The molecular weight excluding hydrogens is 379 g/mol. The molecule has 0 fully saturated rings. The van der Waals surface area contributed by atoms with Crippen LogP contribution >= 0.6 is 33.9 Å². The van der Waals surface area contributed by atoms with Crippen molar-refractivity contribution in [2.75, 3.05) is 5.32 Å². The molecule has 4 heteroatoms. The number of nitrogens with one attached hydrogen (secondary N) is 1. The van der Waals surface area contributed by atoms with Crippen LogP contribution in [-0.2, 0) is 6.54 Å². The van der Waals surface area contributed by atoms with Gasteiger partial charge in [-0.05, 0) is 46.9 Å². The second kappa shape index (κ2) is 6.37. The van der Waals surface area contributed by atoms with E-state index in [9.17, 15) is 0 Å². The van der Waals surface area contributed by atoms with Crippen LogP contribution in [0, 0.1) is 3.57 Å². The SMILES string of the molecule is Ic1ccc(NCc2nc(-c3ccccc3)cs2)cc1. The van der Waals surface area contributed by atoms with Gasteiger partial charge in [0.05, 0.1) is 12.2 Å². The van der Waals surface area contributed by atoms with Crippen LogP contribution in [-0.4, -0.2) is 4.98 Å². The molecular formula is C16H13IN2S. The van der Waals surface area contributed by atoms with Crippen LogP contribution in [0.2, 0.25) is 0 Å². The maximum atomic E-state index is 4.67. The summed E-state index contributed by atoms with van der Waals surface area (Å²) in [5.74, 6) is 0. The van der Waals surface area contributed by atoms with Crippen LogP contribution in [0.1, 0.15) is 5.01 Å². The van der Waals surface area contributed by atoms with Gasteiger partial charge >= 0.3 is 0 Å². The summed E-state index contributed by atoms with van der Waals surface area (Å²) in [7, 11) is 0. The molecule has 0 atom stereocenters. The monoisotopic (exact) mass is 392 g/mol. The number of aromatic nitrogens is 1. The Morgan fingerprint density at radius 1 is 1.00 bits per heavy atom. The maximum Gasteiger partial charge on any atom is 0.112 e. The largest absolute Gasteiger partial charge is 0.379 e. The van der Waals surface area contributed by atoms with Crippen LogP contribution in [0.3, 0.4) is 0 Å². The third kappa shape index (κ3) is 3.37. The summed E-state index contributed by atoms with van der Waals surface area (Å²) in [5.41, 5.74) is 3.35. The number of halogens is 1. The van der Waals surface area contributed by atoms with Crippen molar-refractivity contribution in [1.29, 1.82) is 0 Å². The molecule has 0 bridgehead atoms. The molecule has 0 aliphatic rings. The second-order valence-corrected chi connectivity index (χ2v) is 6.54. The van der Waals surface area contributed by atoms with Gasteiger partial charge < -0.3 is 5.32 Å². The van der Waals surface area contributed by atoms with Gasteiger partial charge in [-0.15, -0.1) is 11.3 Å². The van der Waals surface area contributed by atoms with E-state index in [2.05, 4.69) is 74.7 Å². The zero-order valence-corrected chi connectivity index (χ0v) is 13.7. The molecule has 3 rings (SSSR count). The molecule has 0 aliphatic heterocycles. The lowest BCUT2D eigenvalue weighted by Gasteiger charge is -2.03. The first-order valence-electron chi connectivity index (χ1n) is 6.30. The number of hydrogen-bond donors (Lipinski definition) is 1. The molecule has 0 spiro atoms. The molecule has 0 saturated heterocycles. The summed E-state index contributed by atoms with van der Waals surface area (Å²) < 4.78 is 1.24. The molecule has 1 aromatic heterocycles. The lowest BCUT2D eigenvalue weighted by Crippen LogP contribution is -1.98. The van der Waals surface area contributed by atoms with E-state index in [4.69, 9.17) is 0 Å².